The highest BCUT2D eigenvalue weighted by Crippen LogP contribution is 2.26. The zero-order valence-electron chi connectivity index (χ0n) is 14.6. The van der Waals surface area contributed by atoms with Crippen molar-refractivity contribution in [2.45, 2.75) is 31.3 Å². The van der Waals surface area contributed by atoms with Crippen LogP contribution in [0.25, 0.3) is 0 Å². The van der Waals surface area contributed by atoms with Gasteiger partial charge < -0.3 is 31.1 Å². The van der Waals surface area contributed by atoms with Gasteiger partial charge in [0.15, 0.2) is 11.5 Å². The molecule has 0 unspecified atom stereocenters. The number of benzene rings is 1. The van der Waals surface area contributed by atoms with Crippen LogP contribution < -0.4 is 17.0 Å². The van der Waals surface area contributed by atoms with Crippen molar-refractivity contribution in [1.29, 1.82) is 0 Å². The molecule has 0 spiro atoms. The Labute approximate surface area is 154 Å². The second kappa shape index (κ2) is 9.52. The van der Waals surface area contributed by atoms with Gasteiger partial charge in [-0.1, -0.05) is 6.07 Å². The molecule has 0 fully saturated rings. The van der Waals surface area contributed by atoms with Gasteiger partial charge in [-0.25, -0.2) is 10.4 Å². The van der Waals surface area contributed by atoms with E-state index in [2.05, 4.69) is 15.4 Å². The van der Waals surface area contributed by atoms with Crippen molar-refractivity contribution in [3.05, 3.63) is 42.0 Å². The van der Waals surface area contributed by atoms with Crippen molar-refractivity contribution >= 4 is 11.9 Å². The lowest BCUT2D eigenvalue weighted by Crippen LogP contribution is -2.54. The third kappa shape index (κ3) is 6.58. The first-order valence-corrected chi connectivity index (χ1v) is 7.76. The van der Waals surface area contributed by atoms with Crippen molar-refractivity contribution in [2.24, 2.45) is 11.6 Å². The number of carboxylic acids is 2. The number of aliphatic carboxylic acids is 2. The van der Waals surface area contributed by atoms with E-state index in [-0.39, 0.29) is 24.3 Å². The van der Waals surface area contributed by atoms with Gasteiger partial charge in [0, 0.05) is 24.7 Å². The van der Waals surface area contributed by atoms with Crippen LogP contribution in [-0.4, -0.2) is 53.9 Å². The molecule has 0 saturated carbocycles. The number of hydrogen-bond acceptors (Lipinski definition) is 8. The number of rotatable bonds is 7. The molecular formula is C16H23N5O6. The Hall–Kier alpha value is -3.15. The van der Waals surface area contributed by atoms with Crippen LogP contribution >= 0.6 is 0 Å². The number of aromatic hydroxyl groups is 2. The summed E-state index contributed by atoms with van der Waals surface area (Å²) in [6.45, 7) is 1.43. The number of phenolic OH excluding ortho intramolecular Hbond substituents is 2. The number of phenols is 2. The Bertz CT molecular complexity index is 767. The first-order valence-electron chi connectivity index (χ1n) is 7.76. The smallest absolute Gasteiger partial charge is 0.325 e. The Morgan fingerprint density at radius 1 is 1.30 bits per heavy atom. The van der Waals surface area contributed by atoms with Crippen LogP contribution in [0.2, 0.25) is 0 Å². The maximum atomic E-state index is 11.0. The molecule has 2 rings (SSSR count). The molecule has 1 aromatic carbocycles. The van der Waals surface area contributed by atoms with E-state index in [1.54, 1.807) is 6.20 Å². The average molecular weight is 381 g/mol. The summed E-state index contributed by atoms with van der Waals surface area (Å²) in [6, 6.07) is 3.26. The number of hydrazine groups is 1. The largest absolute Gasteiger partial charge is 0.504 e. The van der Waals surface area contributed by atoms with Crippen molar-refractivity contribution in [1.82, 2.24) is 15.4 Å². The Morgan fingerprint density at radius 2 is 1.96 bits per heavy atom. The third-order valence-corrected chi connectivity index (χ3v) is 3.70. The number of carboxylic acid groups (broad SMARTS) is 2. The van der Waals surface area contributed by atoms with E-state index in [9.17, 15) is 14.7 Å². The number of nitrogens with two attached hydrogens (primary N) is 2. The molecular weight excluding hydrogens is 358 g/mol. The first kappa shape index (κ1) is 21.9. The maximum Gasteiger partial charge on any atom is 0.325 e. The third-order valence-electron chi connectivity index (χ3n) is 3.70. The first-order chi connectivity index (χ1) is 12.6. The topological polar surface area (TPSA) is 208 Å². The molecule has 11 nitrogen and oxygen atoms in total. The van der Waals surface area contributed by atoms with Gasteiger partial charge >= 0.3 is 11.9 Å². The number of nitrogens with one attached hydrogen (secondary N) is 2. The lowest BCUT2D eigenvalue weighted by molar-refractivity contribution is -0.144. The standard InChI is InChI=1S/C10H14N2O4.C6H9N3O2/c1-10(12-11,9(15)16)5-6-2-3-7(13)8(14)4-6;7-5(6(10)11)1-4-2-8-3-9-4/h2-4,12-14H,5,11H2,1H3,(H,15,16);2-3,5H,1,7H2,(H,8,9)(H,10,11)/t10-;5-/m00/s1. The summed E-state index contributed by atoms with van der Waals surface area (Å²) in [7, 11) is 0. The summed E-state index contributed by atoms with van der Waals surface area (Å²) >= 11 is 0. The fourth-order valence-electron chi connectivity index (χ4n) is 2.00. The van der Waals surface area contributed by atoms with Gasteiger partial charge in [-0.3, -0.25) is 15.4 Å². The highest BCUT2D eigenvalue weighted by molar-refractivity contribution is 5.78. The van der Waals surface area contributed by atoms with Crippen LogP contribution in [0.4, 0.5) is 0 Å². The lowest BCUT2D eigenvalue weighted by Gasteiger charge is -2.23. The molecule has 11 heteroatoms. The lowest BCUT2D eigenvalue weighted by atomic mass is 9.93. The number of carbonyl (C=O) groups is 2. The molecule has 1 heterocycles. The van der Waals surface area contributed by atoms with Gasteiger partial charge in [-0.2, -0.15) is 0 Å². The second-order valence-electron chi connectivity index (χ2n) is 6.01. The van der Waals surface area contributed by atoms with Gasteiger partial charge in [0.25, 0.3) is 0 Å². The van der Waals surface area contributed by atoms with Gasteiger partial charge in [0.05, 0.1) is 6.33 Å². The minimum atomic E-state index is -1.32. The van der Waals surface area contributed by atoms with Crippen LogP contribution in [0, 0.1) is 0 Å². The predicted molar refractivity (Wildman–Crippen MR) is 94.7 cm³/mol. The molecule has 0 radical (unpaired) electrons. The van der Waals surface area contributed by atoms with E-state index in [0.29, 0.717) is 5.56 Å². The molecule has 0 aliphatic rings. The van der Waals surface area contributed by atoms with Crippen molar-refractivity contribution < 1.29 is 30.0 Å². The molecule has 1 aromatic heterocycles. The molecule has 0 bridgehead atoms. The molecule has 10 N–H and O–H groups in total. The molecule has 0 saturated heterocycles. The van der Waals surface area contributed by atoms with Gasteiger partial charge in [0.2, 0.25) is 0 Å². The Kier molecular flexibility index (Phi) is 7.72. The normalized spacial score (nSPS) is 13.7. The van der Waals surface area contributed by atoms with Crippen molar-refractivity contribution in [3.8, 4) is 11.5 Å². The zero-order valence-corrected chi connectivity index (χ0v) is 14.6. The minimum absolute atomic E-state index is 0.0900. The van der Waals surface area contributed by atoms with Gasteiger partial charge in [-0.05, 0) is 24.6 Å². The predicted octanol–water partition coefficient (Wildman–Crippen LogP) is -0.689. The van der Waals surface area contributed by atoms with E-state index >= 15 is 0 Å². The molecule has 148 valence electrons. The maximum absolute atomic E-state index is 11.0. The number of H-pyrrole nitrogens is 1. The monoisotopic (exact) mass is 381 g/mol. The van der Waals surface area contributed by atoms with Crippen LogP contribution in [0.15, 0.2) is 30.7 Å². The zero-order chi connectivity index (χ0) is 20.6. The summed E-state index contributed by atoms with van der Waals surface area (Å²) in [5, 5.41) is 35.7. The minimum Gasteiger partial charge on any atom is -0.504 e. The summed E-state index contributed by atoms with van der Waals surface area (Å²) in [4.78, 5) is 27.7. The van der Waals surface area contributed by atoms with E-state index < -0.39 is 23.5 Å². The number of aromatic nitrogens is 2. The van der Waals surface area contributed by atoms with Crippen molar-refractivity contribution in [2.75, 3.05) is 0 Å². The molecule has 2 atom stereocenters. The summed E-state index contributed by atoms with van der Waals surface area (Å²) in [6.07, 6.45) is 3.43. The SMILES string of the molecule is C[C@@](Cc1ccc(O)c(O)c1)(NN)C(=O)O.N[C@@H](Cc1cnc[nH]1)C(=O)O. The summed E-state index contributed by atoms with van der Waals surface area (Å²) in [5.41, 5.74) is 7.45. The molecule has 0 aliphatic heterocycles. The second-order valence-corrected chi connectivity index (χ2v) is 6.01. The highest BCUT2D eigenvalue weighted by Gasteiger charge is 2.32. The molecule has 2 aromatic rings. The molecule has 0 amide bonds. The van der Waals surface area contributed by atoms with Crippen LogP contribution in [-0.2, 0) is 22.4 Å². The highest BCUT2D eigenvalue weighted by atomic mass is 16.4. The van der Waals surface area contributed by atoms with E-state index in [1.165, 1.54) is 31.5 Å². The Balaban J connectivity index is 0.000000289. The van der Waals surface area contributed by atoms with Crippen molar-refractivity contribution in [3.63, 3.8) is 0 Å². The quantitative estimate of drug-likeness (QED) is 0.172. The number of hydrogen-bond donors (Lipinski definition) is 8. The average Bonchev–Trinajstić information content (AvgIpc) is 3.11. The number of nitrogens with zero attached hydrogens (tertiary/aromatic N) is 1. The van der Waals surface area contributed by atoms with Gasteiger partial charge in [0.1, 0.15) is 11.6 Å². The van der Waals surface area contributed by atoms with E-state index in [4.69, 9.17) is 26.9 Å². The number of imidazole rings is 1. The number of aromatic amines is 1. The van der Waals surface area contributed by atoms with Crippen LogP contribution in [0.1, 0.15) is 18.2 Å². The van der Waals surface area contributed by atoms with E-state index in [1.807, 2.05) is 0 Å². The summed E-state index contributed by atoms with van der Waals surface area (Å²) < 4.78 is 0. The van der Waals surface area contributed by atoms with Crippen LogP contribution in [0.3, 0.4) is 0 Å². The molecule has 27 heavy (non-hydrogen) atoms. The van der Waals surface area contributed by atoms with Gasteiger partial charge in [-0.15, -0.1) is 0 Å². The summed E-state index contributed by atoms with van der Waals surface area (Å²) in [5.74, 6) is 2.55. The van der Waals surface area contributed by atoms with Crippen LogP contribution in [0.5, 0.6) is 11.5 Å². The fraction of sp³-hybridized carbons (Fsp3) is 0.312. The molecule has 0 aliphatic carbocycles. The van der Waals surface area contributed by atoms with E-state index in [0.717, 1.165) is 5.69 Å². The fourth-order valence-corrected chi connectivity index (χ4v) is 2.00. The Morgan fingerprint density at radius 3 is 2.41 bits per heavy atom.